The zero-order valence-electron chi connectivity index (χ0n) is 9.95. The molecule has 2 N–H and O–H groups in total. The van der Waals surface area contributed by atoms with Gasteiger partial charge < -0.3 is 5.11 Å². The first-order chi connectivity index (χ1) is 9.40. The highest BCUT2D eigenvalue weighted by molar-refractivity contribution is 9.10. The van der Waals surface area contributed by atoms with Gasteiger partial charge >= 0.3 is 5.97 Å². The van der Waals surface area contributed by atoms with Crippen molar-refractivity contribution in [1.29, 1.82) is 0 Å². The molecule has 0 spiro atoms. The lowest BCUT2D eigenvalue weighted by molar-refractivity contribution is 0.0696. The Morgan fingerprint density at radius 2 is 2.05 bits per heavy atom. The van der Waals surface area contributed by atoms with Crippen molar-refractivity contribution in [2.75, 3.05) is 4.72 Å². The predicted molar refractivity (Wildman–Crippen MR) is 76.1 cm³/mol. The molecule has 0 aliphatic carbocycles. The molecule has 0 radical (unpaired) electrons. The third-order valence-corrected chi connectivity index (χ3v) is 4.40. The molecule has 0 atom stereocenters. The Bertz CT molecular complexity index is 762. The number of nitrogens with zero attached hydrogens (tertiary/aromatic N) is 1. The monoisotopic (exact) mass is 356 g/mol. The third kappa shape index (κ3) is 3.14. The molecule has 0 aliphatic rings. The summed E-state index contributed by atoms with van der Waals surface area (Å²) >= 11 is 3.18. The van der Waals surface area contributed by atoms with Gasteiger partial charge in [0.05, 0.1) is 20.6 Å². The Morgan fingerprint density at radius 3 is 2.70 bits per heavy atom. The van der Waals surface area contributed by atoms with Crippen molar-refractivity contribution in [3.8, 4) is 0 Å². The summed E-state index contributed by atoms with van der Waals surface area (Å²) in [6.45, 7) is 0. The number of pyridine rings is 1. The van der Waals surface area contributed by atoms with Crippen LogP contribution in [-0.4, -0.2) is 24.5 Å². The Kier molecular flexibility index (Phi) is 4.05. The van der Waals surface area contributed by atoms with Gasteiger partial charge in [0, 0.05) is 12.4 Å². The first kappa shape index (κ1) is 14.5. The van der Waals surface area contributed by atoms with E-state index in [1.54, 1.807) is 0 Å². The molecule has 104 valence electrons. The van der Waals surface area contributed by atoms with Gasteiger partial charge in [-0.2, -0.15) is 0 Å². The van der Waals surface area contributed by atoms with Crippen molar-refractivity contribution >= 4 is 37.6 Å². The maximum Gasteiger partial charge on any atom is 0.335 e. The van der Waals surface area contributed by atoms with E-state index in [4.69, 9.17) is 5.11 Å². The summed E-state index contributed by atoms with van der Waals surface area (Å²) in [4.78, 5) is 14.6. The van der Waals surface area contributed by atoms with Crippen LogP contribution in [0, 0.1) is 0 Å². The molecular weight excluding hydrogens is 348 g/mol. The summed E-state index contributed by atoms with van der Waals surface area (Å²) < 4.78 is 27.2. The molecule has 1 aromatic carbocycles. The fourth-order valence-electron chi connectivity index (χ4n) is 1.46. The van der Waals surface area contributed by atoms with Crippen molar-refractivity contribution < 1.29 is 18.3 Å². The number of benzene rings is 1. The number of rotatable bonds is 4. The minimum absolute atomic E-state index is 0.0957. The second-order valence-corrected chi connectivity index (χ2v) is 6.33. The highest BCUT2D eigenvalue weighted by atomic mass is 79.9. The maximum absolute atomic E-state index is 12.2. The van der Waals surface area contributed by atoms with Crippen molar-refractivity contribution in [2.24, 2.45) is 0 Å². The standard InChI is InChI=1S/C12H9BrN2O4S/c13-10-7-14-5-4-11(10)15-20(18,19)9-3-1-2-8(6-9)12(16)17/h1-7H,(H,14,15)(H,16,17). The Labute approximate surface area is 123 Å². The van der Waals surface area contributed by atoms with Crippen LogP contribution in [0.4, 0.5) is 5.69 Å². The molecule has 0 aliphatic heterocycles. The van der Waals surface area contributed by atoms with E-state index in [-0.39, 0.29) is 10.5 Å². The number of anilines is 1. The lowest BCUT2D eigenvalue weighted by Gasteiger charge is -2.09. The molecule has 0 amide bonds. The molecule has 6 nitrogen and oxygen atoms in total. The van der Waals surface area contributed by atoms with Gasteiger partial charge in [-0.15, -0.1) is 0 Å². The van der Waals surface area contributed by atoms with Crippen LogP contribution in [0.3, 0.4) is 0 Å². The molecule has 20 heavy (non-hydrogen) atoms. The van der Waals surface area contributed by atoms with Crippen molar-refractivity contribution in [2.45, 2.75) is 4.90 Å². The number of halogens is 1. The number of carboxylic acid groups (broad SMARTS) is 1. The Morgan fingerprint density at radius 1 is 1.30 bits per heavy atom. The number of carboxylic acids is 1. The third-order valence-electron chi connectivity index (χ3n) is 2.41. The zero-order valence-corrected chi connectivity index (χ0v) is 12.3. The molecule has 0 fully saturated rings. The number of aromatic carboxylic acids is 1. The molecule has 0 unspecified atom stereocenters. The minimum Gasteiger partial charge on any atom is -0.478 e. The van der Waals surface area contributed by atoms with Crippen LogP contribution in [0.1, 0.15) is 10.4 Å². The molecule has 0 saturated heterocycles. The number of hydrogen-bond donors (Lipinski definition) is 2. The van der Waals surface area contributed by atoms with Crippen LogP contribution in [0.25, 0.3) is 0 Å². The molecule has 2 aromatic rings. The van der Waals surface area contributed by atoms with Gasteiger partial charge in [-0.05, 0) is 40.2 Å². The van der Waals surface area contributed by atoms with Gasteiger partial charge in [-0.25, -0.2) is 13.2 Å². The molecule has 0 saturated carbocycles. The predicted octanol–water partition coefficient (Wildman–Crippen LogP) is 2.34. The van der Waals surface area contributed by atoms with Crippen molar-refractivity contribution in [3.63, 3.8) is 0 Å². The lowest BCUT2D eigenvalue weighted by atomic mass is 10.2. The molecule has 0 bridgehead atoms. The topological polar surface area (TPSA) is 96.4 Å². The molecular formula is C12H9BrN2O4S. The van der Waals surface area contributed by atoms with Gasteiger partial charge in [0.25, 0.3) is 10.0 Å². The normalized spacial score (nSPS) is 11.1. The van der Waals surface area contributed by atoms with Gasteiger partial charge in [0.2, 0.25) is 0 Å². The largest absolute Gasteiger partial charge is 0.478 e. The minimum atomic E-state index is -3.86. The van der Waals surface area contributed by atoms with E-state index in [1.165, 1.54) is 36.7 Å². The highest BCUT2D eigenvalue weighted by Crippen LogP contribution is 2.23. The smallest absolute Gasteiger partial charge is 0.335 e. The quantitative estimate of drug-likeness (QED) is 0.876. The summed E-state index contributed by atoms with van der Waals surface area (Å²) in [7, 11) is -3.86. The number of sulfonamides is 1. The summed E-state index contributed by atoms with van der Waals surface area (Å²) in [5.74, 6) is -1.19. The van der Waals surface area contributed by atoms with Crippen molar-refractivity contribution in [3.05, 3.63) is 52.8 Å². The van der Waals surface area contributed by atoms with E-state index < -0.39 is 16.0 Å². The first-order valence-electron chi connectivity index (χ1n) is 5.36. The number of aromatic nitrogens is 1. The van der Waals surface area contributed by atoms with Crippen LogP contribution in [-0.2, 0) is 10.0 Å². The van der Waals surface area contributed by atoms with Gasteiger partial charge in [-0.1, -0.05) is 6.07 Å². The Balaban J connectivity index is 2.38. The second kappa shape index (κ2) is 5.59. The SMILES string of the molecule is O=C(O)c1cccc(S(=O)(=O)Nc2ccncc2Br)c1. The summed E-state index contributed by atoms with van der Waals surface area (Å²) in [5, 5.41) is 8.88. The van der Waals surface area contributed by atoms with Gasteiger partial charge in [0.1, 0.15) is 0 Å². The number of nitrogens with one attached hydrogen (secondary N) is 1. The van der Waals surface area contributed by atoms with E-state index in [9.17, 15) is 13.2 Å². The van der Waals surface area contributed by atoms with E-state index in [0.29, 0.717) is 10.2 Å². The fraction of sp³-hybridized carbons (Fsp3) is 0. The summed E-state index contributed by atoms with van der Waals surface area (Å²) in [6.07, 6.45) is 2.89. The first-order valence-corrected chi connectivity index (χ1v) is 7.63. The van der Waals surface area contributed by atoms with Crippen LogP contribution < -0.4 is 4.72 Å². The average molecular weight is 357 g/mol. The van der Waals surface area contributed by atoms with Crippen LogP contribution in [0.15, 0.2) is 52.1 Å². The van der Waals surface area contributed by atoms with Gasteiger partial charge in [0.15, 0.2) is 0 Å². The van der Waals surface area contributed by atoms with Crippen LogP contribution in [0.2, 0.25) is 0 Å². The molecule has 8 heteroatoms. The number of carbonyl (C=O) groups is 1. The molecule has 1 heterocycles. The van der Waals surface area contributed by atoms with Crippen LogP contribution in [0.5, 0.6) is 0 Å². The summed E-state index contributed by atoms with van der Waals surface area (Å²) in [6, 6.07) is 6.61. The van der Waals surface area contributed by atoms with Gasteiger partial charge in [-0.3, -0.25) is 9.71 Å². The average Bonchev–Trinajstić information content (AvgIpc) is 2.41. The molecule has 1 aromatic heterocycles. The molecule has 2 rings (SSSR count). The van der Waals surface area contributed by atoms with Crippen LogP contribution >= 0.6 is 15.9 Å². The second-order valence-electron chi connectivity index (χ2n) is 3.79. The van der Waals surface area contributed by atoms with E-state index in [2.05, 4.69) is 25.6 Å². The summed E-state index contributed by atoms with van der Waals surface area (Å²) in [5.41, 5.74) is 0.224. The maximum atomic E-state index is 12.2. The highest BCUT2D eigenvalue weighted by Gasteiger charge is 2.17. The van der Waals surface area contributed by atoms with Crippen molar-refractivity contribution in [1.82, 2.24) is 4.98 Å². The lowest BCUT2D eigenvalue weighted by Crippen LogP contribution is -2.14. The number of hydrogen-bond acceptors (Lipinski definition) is 4. The Hall–Kier alpha value is -1.93. The van der Waals surface area contributed by atoms with E-state index >= 15 is 0 Å². The van der Waals surface area contributed by atoms with E-state index in [1.807, 2.05) is 0 Å². The van der Waals surface area contributed by atoms with E-state index in [0.717, 1.165) is 6.07 Å². The fourth-order valence-corrected chi connectivity index (χ4v) is 3.06. The zero-order chi connectivity index (χ0) is 14.8.